The highest BCUT2D eigenvalue weighted by atomic mass is 19.4. The van der Waals surface area contributed by atoms with Crippen LogP contribution in [0.2, 0.25) is 0 Å². The van der Waals surface area contributed by atoms with Crippen LogP contribution in [0.4, 0.5) is 32.3 Å². The normalized spacial score (nSPS) is 23.8. The van der Waals surface area contributed by atoms with Crippen LogP contribution in [0.5, 0.6) is 0 Å². The van der Waals surface area contributed by atoms with Crippen LogP contribution in [0, 0.1) is 11.8 Å². The van der Waals surface area contributed by atoms with E-state index in [1.165, 1.54) is 19.3 Å². The first-order valence-electron chi connectivity index (χ1n) is 11.7. The summed E-state index contributed by atoms with van der Waals surface area (Å²) >= 11 is 0. The molecule has 3 fully saturated rings. The molecule has 1 aromatic heterocycles. The Morgan fingerprint density at radius 2 is 1.37 bits per heavy atom. The van der Waals surface area contributed by atoms with E-state index < -0.39 is 24.3 Å². The summed E-state index contributed by atoms with van der Waals surface area (Å²) in [4.78, 5) is 45.3. The molecule has 214 valence electrons. The van der Waals surface area contributed by atoms with E-state index >= 15 is 0 Å². The van der Waals surface area contributed by atoms with Crippen molar-refractivity contribution in [3.05, 3.63) is 18.5 Å². The molecule has 10 nitrogen and oxygen atoms in total. The van der Waals surface area contributed by atoms with Crippen LogP contribution in [-0.4, -0.2) is 105 Å². The average Bonchev–Trinajstić information content (AvgIpc) is 3.29. The molecule has 1 amide bonds. The average molecular weight is 557 g/mol. The van der Waals surface area contributed by atoms with Crippen LogP contribution in [0.25, 0.3) is 0 Å². The summed E-state index contributed by atoms with van der Waals surface area (Å²) in [5.41, 5.74) is 0. The molecule has 1 aliphatic carbocycles. The number of aromatic nitrogens is 2. The molecular weight excluding hydrogens is 528 g/mol. The van der Waals surface area contributed by atoms with Crippen molar-refractivity contribution < 1.29 is 50.9 Å². The zero-order valence-electron chi connectivity index (χ0n) is 20.5. The number of carbonyl (C=O) groups excluding carboxylic acids is 1. The number of fused-ring (bicyclic) bond motifs is 1. The molecule has 0 radical (unpaired) electrons. The zero-order chi connectivity index (χ0) is 28.7. The van der Waals surface area contributed by atoms with Crippen molar-refractivity contribution in [1.82, 2.24) is 19.8 Å². The molecule has 0 bridgehead atoms. The highest BCUT2D eigenvalue weighted by molar-refractivity contribution is 5.74. The largest absolute Gasteiger partial charge is 0.490 e. The van der Waals surface area contributed by atoms with Gasteiger partial charge >= 0.3 is 24.3 Å². The fourth-order valence-corrected chi connectivity index (χ4v) is 4.86. The van der Waals surface area contributed by atoms with Gasteiger partial charge in [0.25, 0.3) is 0 Å². The Bertz CT molecular complexity index is 917. The van der Waals surface area contributed by atoms with Crippen molar-refractivity contribution in [2.75, 3.05) is 44.2 Å². The van der Waals surface area contributed by atoms with Gasteiger partial charge in [0.15, 0.2) is 0 Å². The lowest BCUT2D eigenvalue weighted by atomic mass is 9.77. The predicted molar refractivity (Wildman–Crippen MR) is 120 cm³/mol. The summed E-state index contributed by atoms with van der Waals surface area (Å²) in [5.74, 6) is -3.04. The van der Waals surface area contributed by atoms with Gasteiger partial charge in [-0.3, -0.25) is 9.69 Å². The topological polar surface area (TPSA) is 127 Å². The number of nitrogens with zero attached hydrogens (tertiary/aromatic N) is 5. The maximum absolute atomic E-state index is 11.8. The van der Waals surface area contributed by atoms with E-state index in [0.29, 0.717) is 17.9 Å². The molecule has 2 N–H and O–H groups in total. The van der Waals surface area contributed by atoms with Crippen molar-refractivity contribution in [3.8, 4) is 0 Å². The molecule has 1 unspecified atom stereocenters. The fourth-order valence-electron chi connectivity index (χ4n) is 4.86. The van der Waals surface area contributed by atoms with E-state index in [1.54, 1.807) is 6.92 Å². The third-order valence-corrected chi connectivity index (χ3v) is 6.61. The lowest BCUT2D eigenvalue weighted by Crippen LogP contribution is -2.54. The molecule has 2 aliphatic heterocycles. The summed E-state index contributed by atoms with van der Waals surface area (Å²) in [5, 5.41) is 14.2. The monoisotopic (exact) mass is 557 g/mol. The number of carboxylic acid groups (broad SMARTS) is 2. The summed E-state index contributed by atoms with van der Waals surface area (Å²) in [6.07, 6.45) is -2.65. The van der Waals surface area contributed by atoms with Gasteiger partial charge in [-0.2, -0.15) is 26.3 Å². The second-order valence-corrected chi connectivity index (χ2v) is 9.02. The van der Waals surface area contributed by atoms with Gasteiger partial charge in [0.05, 0.1) is 0 Å². The SMILES string of the molecule is CC(=O)N1C[C@H]2CCCC(N3CCN(c4ncccn4)CC3)[C@H]2C1.O=C(O)C(F)(F)F.O=C(O)C(F)(F)F. The van der Waals surface area contributed by atoms with Crippen LogP contribution in [0.15, 0.2) is 18.5 Å². The number of hydrogen-bond donors (Lipinski definition) is 2. The van der Waals surface area contributed by atoms with E-state index in [2.05, 4.69) is 24.7 Å². The number of halogens is 6. The van der Waals surface area contributed by atoms with E-state index in [4.69, 9.17) is 19.8 Å². The second-order valence-electron chi connectivity index (χ2n) is 9.02. The quantitative estimate of drug-likeness (QED) is 0.528. The number of aliphatic carboxylic acids is 2. The van der Waals surface area contributed by atoms with Gasteiger partial charge in [-0.05, 0) is 30.7 Å². The standard InChI is InChI=1S/C18H27N5O.2C2HF3O2/c1-14(24)23-12-15-4-2-5-17(16(15)13-23)21-8-10-22(11-9-21)18-19-6-3-7-20-18;2*3-2(4,5)1(6)7/h3,6-7,15-17H,2,4-5,8-13H2,1H3;2*(H,6,7)/t15-,16+,17?;;/m1../s1. The molecule has 38 heavy (non-hydrogen) atoms. The molecule has 3 heterocycles. The van der Waals surface area contributed by atoms with Gasteiger partial charge in [-0.25, -0.2) is 19.6 Å². The Labute approximate surface area is 214 Å². The summed E-state index contributed by atoms with van der Waals surface area (Å²) in [6, 6.07) is 2.51. The number of carbonyl (C=O) groups is 3. The van der Waals surface area contributed by atoms with Crippen molar-refractivity contribution in [1.29, 1.82) is 0 Å². The Kier molecular flexibility index (Phi) is 10.7. The first-order chi connectivity index (χ1) is 17.6. The maximum atomic E-state index is 11.8. The molecule has 1 aromatic rings. The molecule has 3 aliphatic rings. The molecule has 16 heteroatoms. The molecule has 0 aromatic carbocycles. The van der Waals surface area contributed by atoms with Crippen molar-refractivity contribution >= 4 is 23.8 Å². The minimum Gasteiger partial charge on any atom is -0.475 e. The van der Waals surface area contributed by atoms with Crippen LogP contribution >= 0.6 is 0 Å². The minimum absolute atomic E-state index is 0.245. The van der Waals surface area contributed by atoms with Gasteiger partial charge < -0.3 is 20.0 Å². The molecular formula is C22H29F6N5O5. The molecule has 4 rings (SSSR count). The smallest absolute Gasteiger partial charge is 0.475 e. The third kappa shape index (κ3) is 8.99. The third-order valence-electron chi connectivity index (χ3n) is 6.61. The first-order valence-corrected chi connectivity index (χ1v) is 11.7. The van der Waals surface area contributed by atoms with Crippen molar-refractivity contribution in [2.45, 2.75) is 44.6 Å². The first kappa shape index (κ1) is 31.1. The molecule has 2 saturated heterocycles. The minimum atomic E-state index is -5.08. The van der Waals surface area contributed by atoms with Crippen LogP contribution < -0.4 is 4.90 Å². The van der Waals surface area contributed by atoms with Crippen LogP contribution in [-0.2, 0) is 14.4 Å². The summed E-state index contributed by atoms with van der Waals surface area (Å²) < 4.78 is 63.5. The Morgan fingerprint density at radius 3 is 1.82 bits per heavy atom. The van der Waals surface area contributed by atoms with Crippen molar-refractivity contribution in [3.63, 3.8) is 0 Å². The number of hydrogen-bond acceptors (Lipinski definition) is 7. The number of amides is 1. The number of piperazine rings is 1. The number of likely N-dealkylation sites (tertiary alicyclic amines) is 1. The number of anilines is 1. The van der Waals surface area contributed by atoms with Gasteiger partial charge in [-0.1, -0.05) is 6.42 Å². The number of rotatable bonds is 2. The Hall–Kier alpha value is -3.17. The fraction of sp³-hybridized carbons (Fsp3) is 0.682. The van der Waals surface area contributed by atoms with E-state index in [9.17, 15) is 31.1 Å². The number of carboxylic acids is 2. The van der Waals surface area contributed by atoms with Gasteiger partial charge in [-0.15, -0.1) is 0 Å². The lowest BCUT2D eigenvalue weighted by Gasteiger charge is -2.44. The molecule has 1 saturated carbocycles. The summed E-state index contributed by atoms with van der Waals surface area (Å²) in [6.45, 7) is 7.80. The van der Waals surface area contributed by atoms with E-state index in [0.717, 1.165) is 45.2 Å². The predicted octanol–water partition coefficient (Wildman–Crippen LogP) is 2.51. The zero-order valence-corrected chi connectivity index (χ0v) is 20.5. The van der Waals surface area contributed by atoms with Crippen LogP contribution in [0.3, 0.4) is 0 Å². The maximum Gasteiger partial charge on any atom is 0.490 e. The molecule has 3 atom stereocenters. The van der Waals surface area contributed by atoms with Gasteiger partial charge in [0.2, 0.25) is 11.9 Å². The van der Waals surface area contributed by atoms with Gasteiger partial charge in [0, 0.05) is 64.6 Å². The molecule has 0 spiro atoms. The second kappa shape index (κ2) is 13.1. The van der Waals surface area contributed by atoms with E-state index in [1.807, 2.05) is 18.5 Å². The number of alkyl halides is 6. The highest BCUT2D eigenvalue weighted by Crippen LogP contribution is 2.39. The lowest BCUT2D eigenvalue weighted by molar-refractivity contribution is -0.193. The van der Waals surface area contributed by atoms with Gasteiger partial charge in [0.1, 0.15) is 0 Å². The van der Waals surface area contributed by atoms with E-state index in [-0.39, 0.29) is 5.91 Å². The summed E-state index contributed by atoms with van der Waals surface area (Å²) in [7, 11) is 0. The Balaban J connectivity index is 0.000000301. The van der Waals surface area contributed by atoms with Crippen molar-refractivity contribution in [2.24, 2.45) is 11.8 Å². The Morgan fingerprint density at radius 1 is 0.868 bits per heavy atom. The van der Waals surface area contributed by atoms with Crippen LogP contribution in [0.1, 0.15) is 26.2 Å². The highest BCUT2D eigenvalue weighted by Gasteiger charge is 2.43.